The predicted octanol–water partition coefficient (Wildman–Crippen LogP) is 4.74. The Bertz CT molecular complexity index is 594. The molecule has 2 rings (SSSR count). The minimum Gasteiger partial charge on any atom is -0.457 e. The molecule has 0 aliphatic carbocycles. The highest BCUT2D eigenvalue weighted by Crippen LogP contribution is 2.32. The zero-order valence-electron chi connectivity index (χ0n) is 12.6. The van der Waals surface area contributed by atoms with Gasteiger partial charge in [0, 0.05) is 5.56 Å². The average molecular weight is 270 g/mol. The highest BCUT2D eigenvalue weighted by molar-refractivity contribution is 5.86. The van der Waals surface area contributed by atoms with Crippen LogP contribution in [-0.4, -0.2) is 5.97 Å². The molecule has 0 aromatic heterocycles. The second kappa shape index (κ2) is 6.08. The van der Waals surface area contributed by atoms with Gasteiger partial charge in [-0.25, -0.2) is 0 Å². The zero-order valence-corrected chi connectivity index (χ0v) is 12.6. The van der Waals surface area contributed by atoms with Crippen molar-refractivity contribution in [2.45, 2.75) is 33.8 Å². The number of esters is 1. The molecule has 2 nitrogen and oxygen atoms in total. The normalized spacial score (nSPS) is 12.9. The van der Waals surface area contributed by atoms with Crippen LogP contribution < -0.4 is 0 Å². The predicted molar refractivity (Wildman–Crippen MR) is 82.5 cm³/mol. The Hall–Kier alpha value is -1.83. The molecular weight excluding hydrogens is 248 g/mol. The lowest BCUT2D eigenvalue weighted by atomic mass is 9.94. The van der Waals surface area contributed by atoms with Crippen LogP contribution >= 0.6 is 0 Å². The van der Waals surface area contributed by atoms with Gasteiger partial charge < -0.3 is 4.74 Å². The van der Waals surface area contributed by atoms with E-state index in [2.05, 4.69) is 38.1 Å². The van der Waals surface area contributed by atoms with Crippen molar-refractivity contribution in [1.82, 2.24) is 0 Å². The summed E-state index contributed by atoms with van der Waals surface area (Å²) in [5.74, 6) is -0.00799. The first-order valence-corrected chi connectivity index (χ1v) is 7.19. The molecule has 0 saturated carbocycles. The summed E-state index contributed by atoms with van der Waals surface area (Å²) in [5, 5.41) is 2.33. The standard InChI is InChI=1S/C18H22O2/c1-12(2)17(20-18(19)13(3)4)16-11-7-9-14-8-5-6-10-15(14)16/h5-13,17H,1-4H3/t17-/m1/s1. The molecule has 0 fully saturated rings. The molecule has 106 valence electrons. The monoisotopic (exact) mass is 270 g/mol. The van der Waals surface area contributed by atoms with Crippen LogP contribution in [0.25, 0.3) is 10.8 Å². The summed E-state index contributed by atoms with van der Waals surface area (Å²) < 4.78 is 5.73. The molecule has 0 amide bonds. The maximum atomic E-state index is 11.9. The lowest BCUT2D eigenvalue weighted by Crippen LogP contribution is -2.20. The van der Waals surface area contributed by atoms with Crippen LogP contribution in [0.1, 0.15) is 39.4 Å². The van der Waals surface area contributed by atoms with Gasteiger partial charge in [0.1, 0.15) is 6.10 Å². The van der Waals surface area contributed by atoms with Crippen molar-refractivity contribution < 1.29 is 9.53 Å². The summed E-state index contributed by atoms with van der Waals surface area (Å²) in [6.07, 6.45) is -0.198. The zero-order chi connectivity index (χ0) is 14.7. The Morgan fingerprint density at radius 2 is 1.60 bits per heavy atom. The second-order valence-corrected chi connectivity index (χ2v) is 5.82. The Balaban J connectivity index is 2.44. The fourth-order valence-corrected chi connectivity index (χ4v) is 2.32. The highest BCUT2D eigenvalue weighted by Gasteiger charge is 2.23. The second-order valence-electron chi connectivity index (χ2n) is 5.82. The third-order valence-corrected chi connectivity index (χ3v) is 3.45. The van der Waals surface area contributed by atoms with Crippen molar-refractivity contribution in [3.8, 4) is 0 Å². The Morgan fingerprint density at radius 1 is 0.950 bits per heavy atom. The summed E-state index contributed by atoms with van der Waals surface area (Å²) in [5.41, 5.74) is 1.09. The number of fused-ring (bicyclic) bond motifs is 1. The van der Waals surface area contributed by atoms with Crippen molar-refractivity contribution in [2.24, 2.45) is 11.8 Å². The first-order chi connectivity index (χ1) is 9.50. The molecule has 0 heterocycles. The topological polar surface area (TPSA) is 26.3 Å². The van der Waals surface area contributed by atoms with Crippen LogP contribution in [0.15, 0.2) is 42.5 Å². The van der Waals surface area contributed by atoms with E-state index in [1.807, 2.05) is 32.0 Å². The fraction of sp³-hybridized carbons (Fsp3) is 0.389. The summed E-state index contributed by atoms with van der Waals surface area (Å²) in [6, 6.07) is 14.4. The molecule has 0 radical (unpaired) electrons. The van der Waals surface area contributed by atoms with Gasteiger partial charge in [-0.15, -0.1) is 0 Å². The molecule has 20 heavy (non-hydrogen) atoms. The van der Waals surface area contributed by atoms with Crippen LogP contribution in [0.2, 0.25) is 0 Å². The van der Waals surface area contributed by atoms with E-state index in [0.29, 0.717) is 0 Å². The maximum absolute atomic E-state index is 11.9. The summed E-state index contributed by atoms with van der Waals surface area (Å²) in [7, 11) is 0. The lowest BCUT2D eigenvalue weighted by Gasteiger charge is -2.24. The number of ether oxygens (including phenoxy) is 1. The number of carbonyl (C=O) groups excluding carboxylic acids is 1. The molecule has 0 spiro atoms. The minimum absolute atomic E-state index is 0.105. The van der Waals surface area contributed by atoms with E-state index in [4.69, 9.17) is 4.74 Å². The molecule has 2 aromatic carbocycles. The van der Waals surface area contributed by atoms with Crippen LogP contribution in [-0.2, 0) is 9.53 Å². The Morgan fingerprint density at radius 3 is 2.25 bits per heavy atom. The number of benzene rings is 2. The van der Waals surface area contributed by atoms with E-state index < -0.39 is 0 Å². The smallest absolute Gasteiger partial charge is 0.308 e. The Kier molecular flexibility index (Phi) is 4.43. The van der Waals surface area contributed by atoms with Gasteiger partial charge in [0.05, 0.1) is 5.92 Å². The van der Waals surface area contributed by atoms with Crippen LogP contribution in [0.3, 0.4) is 0 Å². The number of rotatable bonds is 4. The summed E-state index contributed by atoms with van der Waals surface area (Å²) in [4.78, 5) is 11.9. The van der Waals surface area contributed by atoms with Crippen molar-refractivity contribution >= 4 is 16.7 Å². The number of hydrogen-bond acceptors (Lipinski definition) is 2. The first kappa shape index (κ1) is 14.6. The third-order valence-electron chi connectivity index (χ3n) is 3.45. The van der Waals surface area contributed by atoms with E-state index in [-0.39, 0.29) is 23.9 Å². The molecule has 0 saturated heterocycles. The van der Waals surface area contributed by atoms with Crippen LogP contribution in [0, 0.1) is 11.8 Å². The molecule has 2 aromatic rings. The molecule has 1 atom stereocenters. The van der Waals surface area contributed by atoms with Gasteiger partial charge >= 0.3 is 5.97 Å². The SMILES string of the molecule is CC(C)C(=O)O[C@@H](c1cccc2ccccc12)C(C)C. The van der Waals surface area contributed by atoms with Gasteiger partial charge in [0.2, 0.25) is 0 Å². The molecule has 0 bridgehead atoms. The lowest BCUT2D eigenvalue weighted by molar-refractivity contribution is -0.155. The van der Waals surface area contributed by atoms with Gasteiger partial charge in [-0.1, -0.05) is 70.2 Å². The van der Waals surface area contributed by atoms with E-state index in [1.54, 1.807) is 0 Å². The summed E-state index contributed by atoms with van der Waals surface area (Å²) >= 11 is 0. The third kappa shape index (κ3) is 3.01. The van der Waals surface area contributed by atoms with Crippen molar-refractivity contribution in [2.75, 3.05) is 0 Å². The quantitative estimate of drug-likeness (QED) is 0.750. The number of carbonyl (C=O) groups is 1. The summed E-state index contributed by atoms with van der Waals surface area (Å²) in [6.45, 7) is 7.89. The number of hydrogen-bond donors (Lipinski definition) is 0. The van der Waals surface area contributed by atoms with E-state index in [9.17, 15) is 4.79 Å². The van der Waals surface area contributed by atoms with Crippen LogP contribution in [0.5, 0.6) is 0 Å². The van der Waals surface area contributed by atoms with Crippen molar-refractivity contribution in [3.05, 3.63) is 48.0 Å². The highest BCUT2D eigenvalue weighted by atomic mass is 16.5. The largest absolute Gasteiger partial charge is 0.457 e. The molecule has 0 unspecified atom stereocenters. The van der Waals surface area contributed by atoms with Gasteiger partial charge in [0.25, 0.3) is 0 Å². The average Bonchev–Trinajstić information content (AvgIpc) is 2.43. The molecule has 2 heteroatoms. The minimum atomic E-state index is -0.198. The van der Waals surface area contributed by atoms with Gasteiger partial charge in [-0.05, 0) is 16.7 Å². The molecule has 0 aliphatic rings. The Labute approximate surface area is 120 Å². The van der Waals surface area contributed by atoms with E-state index >= 15 is 0 Å². The van der Waals surface area contributed by atoms with Gasteiger partial charge in [0.15, 0.2) is 0 Å². The maximum Gasteiger partial charge on any atom is 0.308 e. The van der Waals surface area contributed by atoms with Crippen molar-refractivity contribution in [1.29, 1.82) is 0 Å². The van der Waals surface area contributed by atoms with E-state index in [0.717, 1.165) is 10.9 Å². The molecular formula is C18H22O2. The fourth-order valence-electron chi connectivity index (χ4n) is 2.32. The van der Waals surface area contributed by atoms with Gasteiger partial charge in [-0.3, -0.25) is 4.79 Å². The first-order valence-electron chi connectivity index (χ1n) is 7.19. The van der Waals surface area contributed by atoms with E-state index in [1.165, 1.54) is 5.39 Å². The van der Waals surface area contributed by atoms with Crippen LogP contribution in [0.4, 0.5) is 0 Å². The molecule has 0 aliphatic heterocycles. The van der Waals surface area contributed by atoms with Gasteiger partial charge in [-0.2, -0.15) is 0 Å². The van der Waals surface area contributed by atoms with Crippen molar-refractivity contribution in [3.63, 3.8) is 0 Å². The molecule has 0 N–H and O–H groups in total.